The fourth-order valence-corrected chi connectivity index (χ4v) is 5.38. The maximum atomic E-state index is 12.5. The molecule has 25 heavy (non-hydrogen) atoms. The molecule has 2 atom stereocenters. The van der Waals surface area contributed by atoms with Crippen LogP contribution >= 0.6 is 36.6 Å². The van der Waals surface area contributed by atoms with Crippen molar-refractivity contribution in [2.45, 2.75) is 56.7 Å². The number of carbonyl (C=O) groups is 1. The van der Waals surface area contributed by atoms with Gasteiger partial charge in [-0.25, -0.2) is 0 Å². The van der Waals surface area contributed by atoms with Crippen LogP contribution in [0.2, 0.25) is 0 Å². The van der Waals surface area contributed by atoms with Crippen molar-refractivity contribution in [3.05, 3.63) is 0 Å². The molecular formula is C17H33Cl2N3O2S. The molecule has 1 aliphatic carbocycles. The number of hydrogen-bond acceptors (Lipinski definition) is 5. The first-order valence-corrected chi connectivity index (χ1v) is 10.3. The molecule has 2 unspecified atom stereocenters. The summed E-state index contributed by atoms with van der Waals surface area (Å²) in [5.41, 5.74) is 0.147. The fraction of sp³-hybridized carbons (Fsp3) is 0.941. The van der Waals surface area contributed by atoms with Crippen LogP contribution in [0.3, 0.4) is 0 Å². The van der Waals surface area contributed by atoms with Crippen LogP contribution in [0.5, 0.6) is 0 Å². The Balaban J connectivity index is 0.00000156. The summed E-state index contributed by atoms with van der Waals surface area (Å²) in [4.78, 5) is 15.1. The summed E-state index contributed by atoms with van der Waals surface area (Å²) in [6.45, 7) is 6.89. The van der Waals surface area contributed by atoms with Crippen molar-refractivity contribution < 1.29 is 9.53 Å². The zero-order valence-corrected chi connectivity index (χ0v) is 17.6. The molecule has 0 radical (unpaired) electrons. The van der Waals surface area contributed by atoms with Gasteiger partial charge in [-0.3, -0.25) is 9.69 Å². The molecule has 3 fully saturated rings. The van der Waals surface area contributed by atoms with Gasteiger partial charge in [0.1, 0.15) is 0 Å². The summed E-state index contributed by atoms with van der Waals surface area (Å²) in [7, 11) is 0. The third-order valence-corrected chi connectivity index (χ3v) is 6.85. The highest BCUT2D eigenvalue weighted by molar-refractivity contribution is 7.99. The van der Waals surface area contributed by atoms with Crippen LogP contribution in [-0.4, -0.2) is 72.8 Å². The number of halogens is 2. The minimum absolute atomic E-state index is 0. The molecule has 2 heterocycles. The Labute approximate surface area is 168 Å². The SMILES string of the molecule is CC(NC(=O)CC1CSCCN1)C1(N2CCOCC2)CCCC1.Cl.Cl. The van der Waals surface area contributed by atoms with Gasteiger partial charge in [-0.15, -0.1) is 24.8 Å². The number of rotatable bonds is 5. The van der Waals surface area contributed by atoms with Crippen LogP contribution in [0.25, 0.3) is 0 Å². The van der Waals surface area contributed by atoms with E-state index in [0.29, 0.717) is 12.5 Å². The van der Waals surface area contributed by atoms with Crippen LogP contribution < -0.4 is 10.6 Å². The van der Waals surface area contributed by atoms with E-state index in [1.54, 1.807) is 0 Å². The van der Waals surface area contributed by atoms with Gasteiger partial charge in [0, 0.05) is 55.2 Å². The zero-order chi connectivity index (χ0) is 16.1. The fourth-order valence-electron chi connectivity index (χ4n) is 4.43. The van der Waals surface area contributed by atoms with Crippen LogP contribution in [0.15, 0.2) is 0 Å². The number of nitrogens with one attached hydrogen (secondary N) is 2. The third-order valence-electron chi connectivity index (χ3n) is 5.72. The zero-order valence-electron chi connectivity index (χ0n) is 15.1. The average Bonchev–Trinajstić information content (AvgIpc) is 3.07. The molecule has 0 aromatic carbocycles. The Hall–Kier alpha value is 0.280. The molecule has 0 spiro atoms. The topological polar surface area (TPSA) is 53.6 Å². The number of thioether (sulfide) groups is 1. The minimum Gasteiger partial charge on any atom is -0.379 e. The van der Waals surface area contributed by atoms with E-state index in [1.165, 1.54) is 25.7 Å². The van der Waals surface area contributed by atoms with Gasteiger partial charge in [-0.05, 0) is 19.8 Å². The minimum atomic E-state index is 0. The molecule has 0 aromatic rings. The highest BCUT2D eigenvalue weighted by Crippen LogP contribution is 2.38. The number of ether oxygens (including phenoxy) is 1. The van der Waals surface area contributed by atoms with Crippen molar-refractivity contribution in [3.63, 3.8) is 0 Å². The van der Waals surface area contributed by atoms with Crippen LogP contribution in [0, 0.1) is 0 Å². The predicted molar refractivity (Wildman–Crippen MR) is 109 cm³/mol. The second kappa shape index (κ2) is 11.2. The van der Waals surface area contributed by atoms with Gasteiger partial charge in [0.25, 0.3) is 0 Å². The normalized spacial score (nSPS) is 27.6. The molecule has 5 nitrogen and oxygen atoms in total. The van der Waals surface area contributed by atoms with Gasteiger partial charge >= 0.3 is 0 Å². The van der Waals surface area contributed by atoms with Crippen LogP contribution in [0.1, 0.15) is 39.0 Å². The van der Waals surface area contributed by atoms with E-state index in [0.717, 1.165) is 44.4 Å². The van der Waals surface area contributed by atoms with E-state index in [2.05, 4.69) is 22.5 Å². The summed E-state index contributed by atoms with van der Waals surface area (Å²) in [5.74, 6) is 2.42. The largest absolute Gasteiger partial charge is 0.379 e. The van der Waals surface area contributed by atoms with E-state index >= 15 is 0 Å². The molecule has 2 aliphatic heterocycles. The molecule has 2 saturated heterocycles. The molecule has 148 valence electrons. The highest BCUT2D eigenvalue weighted by Gasteiger charge is 2.45. The maximum absolute atomic E-state index is 12.5. The molecule has 1 saturated carbocycles. The molecule has 3 rings (SSSR count). The summed E-state index contributed by atoms with van der Waals surface area (Å²) in [6, 6.07) is 0.552. The lowest BCUT2D eigenvalue weighted by Gasteiger charge is -2.47. The van der Waals surface area contributed by atoms with Crippen LogP contribution in [0.4, 0.5) is 0 Å². The molecule has 8 heteroatoms. The van der Waals surface area contributed by atoms with Gasteiger partial charge in [-0.2, -0.15) is 11.8 Å². The number of carbonyl (C=O) groups excluding carboxylic acids is 1. The monoisotopic (exact) mass is 413 g/mol. The first kappa shape index (κ1) is 23.3. The number of nitrogens with zero attached hydrogens (tertiary/aromatic N) is 1. The quantitative estimate of drug-likeness (QED) is 0.722. The molecule has 1 amide bonds. The first-order valence-electron chi connectivity index (χ1n) is 9.14. The summed E-state index contributed by atoms with van der Waals surface area (Å²) >= 11 is 1.95. The molecule has 2 N–H and O–H groups in total. The number of morpholine rings is 1. The van der Waals surface area contributed by atoms with E-state index in [1.807, 2.05) is 11.8 Å². The summed E-state index contributed by atoms with van der Waals surface area (Å²) in [6.07, 6.45) is 5.56. The smallest absolute Gasteiger partial charge is 0.221 e. The Morgan fingerprint density at radius 2 is 2.00 bits per heavy atom. The van der Waals surface area contributed by atoms with Gasteiger partial charge in [-0.1, -0.05) is 12.8 Å². The second-order valence-electron chi connectivity index (χ2n) is 7.13. The van der Waals surface area contributed by atoms with Gasteiger partial charge in [0.2, 0.25) is 5.91 Å². The number of amides is 1. The summed E-state index contributed by atoms with van der Waals surface area (Å²) in [5, 5.41) is 6.79. The first-order chi connectivity index (χ1) is 11.2. The van der Waals surface area contributed by atoms with Crippen molar-refractivity contribution in [3.8, 4) is 0 Å². The summed E-state index contributed by atoms with van der Waals surface area (Å²) < 4.78 is 5.53. The average molecular weight is 414 g/mol. The standard InChI is InChI=1S/C17H31N3O2S.2ClH/c1-14(19-16(21)12-15-13-23-11-6-18-15)17(4-2-3-5-17)20-7-9-22-10-8-20;;/h14-15,18H,2-13H2,1H3,(H,19,21);2*1H. The highest BCUT2D eigenvalue weighted by atomic mass is 35.5. The van der Waals surface area contributed by atoms with Crippen molar-refractivity contribution in [2.24, 2.45) is 0 Å². The predicted octanol–water partition coefficient (Wildman–Crippen LogP) is 2.07. The van der Waals surface area contributed by atoms with Crippen molar-refractivity contribution in [2.75, 3.05) is 44.4 Å². The molecular weight excluding hydrogens is 381 g/mol. The Morgan fingerprint density at radius 1 is 1.32 bits per heavy atom. The Kier molecular flexibility index (Phi) is 10.4. The van der Waals surface area contributed by atoms with Crippen molar-refractivity contribution in [1.82, 2.24) is 15.5 Å². The van der Waals surface area contributed by atoms with E-state index in [9.17, 15) is 4.79 Å². The van der Waals surface area contributed by atoms with Gasteiger partial charge < -0.3 is 15.4 Å². The lowest BCUT2D eigenvalue weighted by molar-refractivity contribution is -0.123. The molecule has 3 aliphatic rings. The van der Waals surface area contributed by atoms with E-state index in [-0.39, 0.29) is 42.3 Å². The van der Waals surface area contributed by atoms with Gasteiger partial charge in [0.15, 0.2) is 0 Å². The second-order valence-corrected chi connectivity index (χ2v) is 8.28. The molecule has 0 aromatic heterocycles. The van der Waals surface area contributed by atoms with E-state index in [4.69, 9.17) is 4.74 Å². The van der Waals surface area contributed by atoms with E-state index < -0.39 is 0 Å². The Bertz CT molecular complexity index is 399. The lowest BCUT2D eigenvalue weighted by atomic mass is 9.86. The van der Waals surface area contributed by atoms with Crippen LogP contribution in [-0.2, 0) is 9.53 Å². The Morgan fingerprint density at radius 3 is 2.60 bits per heavy atom. The lowest BCUT2D eigenvalue weighted by Crippen LogP contribution is -2.62. The van der Waals surface area contributed by atoms with Crippen molar-refractivity contribution in [1.29, 1.82) is 0 Å². The van der Waals surface area contributed by atoms with Gasteiger partial charge in [0.05, 0.1) is 13.2 Å². The number of hydrogen-bond donors (Lipinski definition) is 2. The third kappa shape index (κ3) is 5.88. The molecule has 0 bridgehead atoms. The maximum Gasteiger partial charge on any atom is 0.221 e. The van der Waals surface area contributed by atoms with Crippen molar-refractivity contribution >= 4 is 42.5 Å².